The SMILES string of the molecule is Cn1nc(-c2ccc(F)cc2)cc1C(=O)N1C2CCC1CC(n1nccn1)C2. The predicted molar refractivity (Wildman–Crippen MR) is 99.9 cm³/mol. The first-order valence-corrected chi connectivity index (χ1v) is 9.58. The monoisotopic (exact) mass is 380 g/mol. The van der Waals surface area contributed by atoms with Crippen molar-refractivity contribution in [3.63, 3.8) is 0 Å². The van der Waals surface area contributed by atoms with Crippen LogP contribution in [-0.4, -0.2) is 47.7 Å². The van der Waals surface area contributed by atoms with Gasteiger partial charge in [0.2, 0.25) is 0 Å². The Labute approximate surface area is 161 Å². The van der Waals surface area contributed by atoms with Gasteiger partial charge in [-0.2, -0.15) is 20.1 Å². The van der Waals surface area contributed by atoms with Crippen LogP contribution >= 0.6 is 0 Å². The predicted octanol–water partition coefficient (Wildman–Crippen LogP) is 2.83. The Balaban J connectivity index is 1.39. The van der Waals surface area contributed by atoms with Crippen LogP contribution < -0.4 is 0 Å². The maximum atomic E-state index is 13.3. The minimum absolute atomic E-state index is 0.0164. The van der Waals surface area contributed by atoms with Crippen molar-refractivity contribution < 1.29 is 9.18 Å². The van der Waals surface area contributed by atoms with Crippen LogP contribution in [0.15, 0.2) is 42.7 Å². The van der Waals surface area contributed by atoms with E-state index < -0.39 is 0 Å². The Morgan fingerprint density at radius 3 is 2.32 bits per heavy atom. The van der Waals surface area contributed by atoms with Gasteiger partial charge in [0.05, 0.1) is 24.1 Å². The lowest BCUT2D eigenvalue weighted by Gasteiger charge is -2.38. The lowest BCUT2D eigenvalue weighted by atomic mass is 9.97. The number of piperidine rings is 1. The summed E-state index contributed by atoms with van der Waals surface area (Å²) in [4.78, 5) is 17.2. The van der Waals surface area contributed by atoms with Crippen molar-refractivity contribution in [2.75, 3.05) is 0 Å². The molecular weight excluding hydrogens is 359 g/mol. The topological polar surface area (TPSA) is 68.8 Å². The molecule has 8 heteroatoms. The maximum Gasteiger partial charge on any atom is 0.272 e. The Hall–Kier alpha value is -3.03. The zero-order valence-corrected chi connectivity index (χ0v) is 15.6. The molecule has 2 aromatic heterocycles. The molecule has 3 aromatic rings. The number of halogens is 1. The normalized spacial score (nSPS) is 23.9. The quantitative estimate of drug-likeness (QED) is 0.701. The molecule has 0 radical (unpaired) electrons. The number of hydrogen-bond donors (Lipinski definition) is 0. The van der Waals surface area contributed by atoms with E-state index in [4.69, 9.17) is 0 Å². The van der Waals surface area contributed by atoms with Crippen LogP contribution in [0.4, 0.5) is 4.39 Å². The smallest absolute Gasteiger partial charge is 0.272 e. The van der Waals surface area contributed by atoms with Crippen LogP contribution in [0.25, 0.3) is 11.3 Å². The lowest BCUT2D eigenvalue weighted by Crippen LogP contribution is -2.47. The first kappa shape index (κ1) is 17.1. The molecule has 0 saturated carbocycles. The first-order valence-electron chi connectivity index (χ1n) is 9.58. The van der Waals surface area contributed by atoms with Crippen molar-refractivity contribution in [1.82, 2.24) is 29.7 Å². The van der Waals surface area contributed by atoms with Crippen molar-refractivity contribution in [2.45, 2.75) is 43.8 Å². The van der Waals surface area contributed by atoms with Crippen LogP contribution in [0, 0.1) is 5.82 Å². The number of nitrogens with zero attached hydrogens (tertiary/aromatic N) is 6. The van der Waals surface area contributed by atoms with Crippen LogP contribution in [0.1, 0.15) is 42.2 Å². The Morgan fingerprint density at radius 2 is 1.68 bits per heavy atom. The molecule has 144 valence electrons. The summed E-state index contributed by atoms with van der Waals surface area (Å²) in [6.45, 7) is 0. The fourth-order valence-electron chi connectivity index (χ4n) is 4.64. The summed E-state index contributed by atoms with van der Waals surface area (Å²) in [7, 11) is 1.78. The second kappa shape index (κ2) is 6.54. The van der Waals surface area contributed by atoms with Crippen LogP contribution in [0.5, 0.6) is 0 Å². The highest BCUT2D eigenvalue weighted by molar-refractivity contribution is 5.94. The summed E-state index contributed by atoms with van der Waals surface area (Å²) in [6, 6.07) is 8.61. The summed E-state index contributed by atoms with van der Waals surface area (Å²) in [5.74, 6) is -0.273. The number of carbonyl (C=O) groups is 1. The van der Waals surface area contributed by atoms with Gasteiger partial charge in [-0.3, -0.25) is 9.48 Å². The number of hydrogen-bond acceptors (Lipinski definition) is 4. The molecule has 2 aliphatic rings. The number of aromatic nitrogens is 5. The molecule has 2 atom stereocenters. The summed E-state index contributed by atoms with van der Waals surface area (Å²) in [5, 5.41) is 13.0. The van der Waals surface area contributed by atoms with Gasteiger partial charge in [-0.25, -0.2) is 4.39 Å². The van der Waals surface area contributed by atoms with E-state index >= 15 is 0 Å². The molecule has 0 aliphatic carbocycles. The highest BCUT2D eigenvalue weighted by Gasteiger charge is 2.45. The number of amides is 1. The minimum Gasteiger partial charge on any atom is -0.331 e. The van der Waals surface area contributed by atoms with Crippen molar-refractivity contribution >= 4 is 5.91 Å². The summed E-state index contributed by atoms with van der Waals surface area (Å²) in [5.41, 5.74) is 2.03. The van der Waals surface area contributed by atoms with E-state index in [1.165, 1.54) is 12.1 Å². The molecule has 28 heavy (non-hydrogen) atoms. The second-order valence-corrected chi connectivity index (χ2v) is 7.62. The van der Waals surface area contributed by atoms with E-state index in [1.807, 2.05) is 4.90 Å². The van der Waals surface area contributed by atoms with E-state index in [9.17, 15) is 9.18 Å². The standard InChI is InChI=1S/C20H21FN6O/c1-25-19(12-18(24-25)13-2-4-14(21)5-3-13)20(28)26-15-6-7-16(26)11-17(10-15)27-22-8-9-23-27/h2-5,8-9,12,15-17H,6-7,10-11H2,1H3. The van der Waals surface area contributed by atoms with Gasteiger partial charge in [0, 0.05) is 24.7 Å². The van der Waals surface area contributed by atoms with Gasteiger partial charge in [-0.15, -0.1) is 0 Å². The Kier molecular flexibility index (Phi) is 3.99. The third-order valence-corrected chi connectivity index (χ3v) is 5.94. The molecule has 2 aliphatic heterocycles. The van der Waals surface area contributed by atoms with Crippen LogP contribution in [0.3, 0.4) is 0 Å². The molecular formula is C20H21FN6O. The average Bonchev–Trinajstić information content (AvgIpc) is 3.41. The molecule has 1 aromatic carbocycles. The van der Waals surface area contributed by atoms with Crippen LogP contribution in [0.2, 0.25) is 0 Å². The number of benzene rings is 1. The zero-order valence-electron chi connectivity index (χ0n) is 15.6. The molecule has 2 fully saturated rings. The fourth-order valence-corrected chi connectivity index (χ4v) is 4.64. The van der Waals surface area contributed by atoms with E-state index in [1.54, 1.807) is 47.1 Å². The Morgan fingerprint density at radius 1 is 1.04 bits per heavy atom. The summed E-state index contributed by atoms with van der Waals surface area (Å²) < 4.78 is 14.8. The third-order valence-electron chi connectivity index (χ3n) is 5.94. The molecule has 5 rings (SSSR count). The lowest BCUT2D eigenvalue weighted by molar-refractivity contribution is 0.0501. The van der Waals surface area contributed by atoms with Gasteiger partial charge in [-0.05, 0) is 56.0 Å². The number of rotatable bonds is 3. The van der Waals surface area contributed by atoms with Crippen molar-refractivity contribution in [3.05, 3.63) is 54.2 Å². The number of aryl methyl sites for hydroxylation is 1. The molecule has 2 bridgehead atoms. The highest BCUT2D eigenvalue weighted by Crippen LogP contribution is 2.41. The van der Waals surface area contributed by atoms with Crippen molar-refractivity contribution in [1.29, 1.82) is 0 Å². The van der Waals surface area contributed by atoms with Gasteiger partial charge in [-0.1, -0.05) is 0 Å². The third kappa shape index (κ3) is 2.80. The molecule has 7 nitrogen and oxygen atoms in total. The van der Waals surface area contributed by atoms with Crippen LogP contribution in [-0.2, 0) is 7.05 Å². The molecule has 2 unspecified atom stereocenters. The van der Waals surface area contributed by atoms with Crippen molar-refractivity contribution in [2.24, 2.45) is 7.05 Å². The molecule has 4 heterocycles. The van der Waals surface area contributed by atoms with E-state index in [0.717, 1.165) is 31.2 Å². The van der Waals surface area contributed by atoms with E-state index in [-0.39, 0.29) is 29.8 Å². The van der Waals surface area contributed by atoms with Gasteiger partial charge in [0.25, 0.3) is 5.91 Å². The van der Waals surface area contributed by atoms with Gasteiger partial charge in [0.15, 0.2) is 0 Å². The van der Waals surface area contributed by atoms with E-state index in [0.29, 0.717) is 11.4 Å². The molecule has 0 N–H and O–H groups in total. The first-order chi connectivity index (χ1) is 13.6. The van der Waals surface area contributed by atoms with E-state index in [2.05, 4.69) is 15.3 Å². The molecule has 1 amide bonds. The molecule has 0 spiro atoms. The second-order valence-electron chi connectivity index (χ2n) is 7.62. The highest BCUT2D eigenvalue weighted by atomic mass is 19.1. The van der Waals surface area contributed by atoms with Gasteiger partial charge in [0.1, 0.15) is 11.5 Å². The maximum absolute atomic E-state index is 13.3. The number of carbonyl (C=O) groups excluding carboxylic acids is 1. The largest absolute Gasteiger partial charge is 0.331 e. The minimum atomic E-state index is -0.290. The van der Waals surface area contributed by atoms with Gasteiger partial charge >= 0.3 is 0 Å². The van der Waals surface area contributed by atoms with Crippen molar-refractivity contribution in [3.8, 4) is 11.3 Å². The summed E-state index contributed by atoms with van der Waals surface area (Å²) >= 11 is 0. The molecule has 2 saturated heterocycles. The fraction of sp³-hybridized carbons (Fsp3) is 0.400. The van der Waals surface area contributed by atoms with Gasteiger partial charge < -0.3 is 4.90 Å². The Bertz CT molecular complexity index is 982. The average molecular weight is 380 g/mol. The zero-order chi connectivity index (χ0) is 19.3. The summed E-state index contributed by atoms with van der Waals surface area (Å²) in [6.07, 6.45) is 7.17. The number of fused-ring (bicyclic) bond motifs is 2.